The van der Waals surface area contributed by atoms with E-state index in [2.05, 4.69) is 71.4 Å². The van der Waals surface area contributed by atoms with Crippen LogP contribution in [0.2, 0.25) is 0 Å². The summed E-state index contributed by atoms with van der Waals surface area (Å²) in [5, 5.41) is 3.62. The van der Waals surface area contributed by atoms with E-state index in [-0.39, 0.29) is 5.91 Å². The van der Waals surface area contributed by atoms with Gasteiger partial charge in [0, 0.05) is 36.3 Å². The molecule has 5 heteroatoms. The van der Waals surface area contributed by atoms with E-state index in [1.165, 1.54) is 33.0 Å². The summed E-state index contributed by atoms with van der Waals surface area (Å²) in [6.07, 6.45) is 4.09. The molecule has 0 bridgehead atoms. The number of hydrogen-bond acceptors (Lipinski definition) is 3. The van der Waals surface area contributed by atoms with Gasteiger partial charge in [-0.25, -0.2) is 0 Å². The Balaban J connectivity index is 1.56. The summed E-state index contributed by atoms with van der Waals surface area (Å²) in [5.41, 5.74) is 3.44. The third kappa shape index (κ3) is 3.26. The van der Waals surface area contributed by atoms with Crippen molar-refractivity contribution in [2.24, 2.45) is 0 Å². The summed E-state index contributed by atoms with van der Waals surface area (Å²) in [5.74, 6) is -0.0358. The summed E-state index contributed by atoms with van der Waals surface area (Å²) < 4.78 is 2.85. The molecule has 1 fully saturated rings. The average molecular weight is 415 g/mol. The predicted molar refractivity (Wildman–Crippen MR) is 126 cm³/mol. The second kappa shape index (κ2) is 7.17. The number of nitrogens with zero attached hydrogens (tertiary/aromatic N) is 2. The maximum absolute atomic E-state index is 12.4. The summed E-state index contributed by atoms with van der Waals surface area (Å²) >= 11 is 6.62. The van der Waals surface area contributed by atoms with Gasteiger partial charge in [-0.3, -0.25) is 9.69 Å². The van der Waals surface area contributed by atoms with E-state index in [9.17, 15) is 4.79 Å². The zero-order chi connectivity index (χ0) is 20.0. The van der Waals surface area contributed by atoms with Gasteiger partial charge in [-0.05, 0) is 34.5 Å². The van der Waals surface area contributed by atoms with Crippen molar-refractivity contribution in [2.45, 2.75) is 6.54 Å². The van der Waals surface area contributed by atoms with Crippen LogP contribution in [0.15, 0.2) is 77.8 Å². The molecule has 4 aromatic rings. The van der Waals surface area contributed by atoms with Crippen molar-refractivity contribution >= 4 is 62.0 Å². The van der Waals surface area contributed by atoms with Crippen molar-refractivity contribution in [1.82, 2.24) is 9.47 Å². The normalized spacial score (nSPS) is 15.9. The molecule has 0 saturated carbocycles. The third-order valence-corrected chi connectivity index (χ3v) is 6.74. The van der Waals surface area contributed by atoms with Crippen molar-refractivity contribution in [3.8, 4) is 0 Å². The van der Waals surface area contributed by atoms with Gasteiger partial charge < -0.3 is 4.57 Å². The molecule has 0 radical (unpaired) electrons. The van der Waals surface area contributed by atoms with Crippen molar-refractivity contribution in [3.05, 3.63) is 89.0 Å². The number of carbonyl (C=O) groups excluding carboxylic acids is 1. The van der Waals surface area contributed by atoms with Gasteiger partial charge in [-0.1, -0.05) is 78.6 Å². The average Bonchev–Trinajstić information content (AvgIpc) is 3.20. The molecule has 3 nitrogen and oxygen atoms in total. The monoisotopic (exact) mass is 414 g/mol. The lowest BCUT2D eigenvalue weighted by molar-refractivity contribution is -0.121. The maximum Gasteiger partial charge on any atom is 0.265 e. The number of amides is 1. The molecule has 0 atom stereocenters. The first-order chi connectivity index (χ1) is 14.1. The number of rotatable bonds is 3. The molecule has 0 aliphatic carbocycles. The molecule has 1 aliphatic heterocycles. The minimum atomic E-state index is -0.0358. The van der Waals surface area contributed by atoms with Crippen molar-refractivity contribution in [2.75, 3.05) is 7.05 Å². The van der Waals surface area contributed by atoms with Crippen LogP contribution in [0.4, 0.5) is 0 Å². The maximum atomic E-state index is 12.4. The number of aromatic nitrogens is 1. The zero-order valence-corrected chi connectivity index (χ0v) is 17.5. The largest absolute Gasteiger partial charge is 0.342 e. The Bertz CT molecular complexity index is 1320. The SMILES string of the molecule is CN1C(=O)/C(=C\c2cn(Cc3ccc4ccccc4c3)c3ccccc23)SC1=S. The minimum Gasteiger partial charge on any atom is -0.342 e. The van der Waals surface area contributed by atoms with E-state index < -0.39 is 0 Å². The highest BCUT2D eigenvalue weighted by molar-refractivity contribution is 8.26. The molecule has 1 amide bonds. The van der Waals surface area contributed by atoms with Crippen LogP contribution in [0.25, 0.3) is 27.8 Å². The van der Waals surface area contributed by atoms with Gasteiger partial charge >= 0.3 is 0 Å². The zero-order valence-electron chi connectivity index (χ0n) is 15.8. The van der Waals surface area contributed by atoms with Gasteiger partial charge in [0.25, 0.3) is 5.91 Å². The number of carbonyl (C=O) groups is 1. The molecule has 2 heterocycles. The van der Waals surface area contributed by atoms with E-state index in [1.807, 2.05) is 12.1 Å². The Morgan fingerprint density at radius 3 is 2.55 bits per heavy atom. The van der Waals surface area contributed by atoms with E-state index >= 15 is 0 Å². The van der Waals surface area contributed by atoms with Crippen LogP contribution < -0.4 is 0 Å². The molecule has 0 N–H and O–H groups in total. The molecule has 0 unspecified atom stereocenters. The molecule has 3 aromatic carbocycles. The van der Waals surface area contributed by atoms with Gasteiger partial charge in [0.15, 0.2) is 0 Å². The first kappa shape index (κ1) is 18.2. The first-order valence-electron chi connectivity index (χ1n) is 9.37. The predicted octanol–water partition coefficient (Wildman–Crippen LogP) is 5.67. The summed E-state index contributed by atoms with van der Waals surface area (Å²) in [4.78, 5) is 14.6. The molecule has 0 spiro atoms. The van der Waals surface area contributed by atoms with Crippen LogP contribution in [0.5, 0.6) is 0 Å². The molecule has 5 rings (SSSR count). The highest BCUT2D eigenvalue weighted by atomic mass is 32.2. The summed E-state index contributed by atoms with van der Waals surface area (Å²) in [6, 6.07) is 23.3. The van der Waals surface area contributed by atoms with Crippen LogP contribution in [0.3, 0.4) is 0 Å². The van der Waals surface area contributed by atoms with E-state index in [0.29, 0.717) is 9.23 Å². The van der Waals surface area contributed by atoms with Crippen LogP contribution in [0.1, 0.15) is 11.1 Å². The van der Waals surface area contributed by atoms with Crippen LogP contribution in [0, 0.1) is 0 Å². The molecule has 29 heavy (non-hydrogen) atoms. The topological polar surface area (TPSA) is 25.2 Å². The van der Waals surface area contributed by atoms with Crippen LogP contribution >= 0.6 is 24.0 Å². The van der Waals surface area contributed by atoms with Crippen LogP contribution in [-0.4, -0.2) is 26.7 Å². The fraction of sp³-hybridized carbons (Fsp3) is 0.0833. The third-order valence-electron chi connectivity index (χ3n) is 5.26. The fourth-order valence-corrected chi connectivity index (χ4v) is 4.91. The van der Waals surface area contributed by atoms with E-state index in [1.54, 1.807) is 7.05 Å². The lowest BCUT2D eigenvalue weighted by Crippen LogP contribution is -2.22. The quantitative estimate of drug-likeness (QED) is 0.319. The number of fused-ring (bicyclic) bond motifs is 2. The van der Waals surface area contributed by atoms with Gasteiger partial charge in [-0.2, -0.15) is 0 Å². The number of benzene rings is 3. The minimum absolute atomic E-state index is 0.0358. The lowest BCUT2D eigenvalue weighted by atomic mass is 10.1. The molecule has 1 aliphatic rings. The Kier molecular flexibility index (Phi) is 4.49. The second-order valence-electron chi connectivity index (χ2n) is 7.15. The summed E-state index contributed by atoms with van der Waals surface area (Å²) in [7, 11) is 1.72. The number of thiocarbonyl (C=S) groups is 1. The molecule has 1 aromatic heterocycles. The Morgan fingerprint density at radius 2 is 1.76 bits per heavy atom. The lowest BCUT2D eigenvalue weighted by Gasteiger charge is -2.07. The first-order valence-corrected chi connectivity index (χ1v) is 10.6. The van der Waals surface area contributed by atoms with Gasteiger partial charge in [0.1, 0.15) is 4.32 Å². The highest BCUT2D eigenvalue weighted by Gasteiger charge is 2.29. The van der Waals surface area contributed by atoms with E-state index in [4.69, 9.17) is 12.2 Å². The Morgan fingerprint density at radius 1 is 1.00 bits per heavy atom. The molecule has 142 valence electrons. The molecular weight excluding hydrogens is 396 g/mol. The Labute approximate surface area is 178 Å². The van der Waals surface area contributed by atoms with Crippen molar-refractivity contribution < 1.29 is 4.79 Å². The summed E-state index contributed by atoms with van der Waals surface area (Å²) in [6.45, 7) is 0.772. The second-order valence-corrected chi connectivity index (χ2v) is 8.83. The van der Waals surface area contributed by atoms with Crippen LogP contribution in [-0.2, 0) is 11.3 Å². The molecular formula is C24H18N2OS2. The fourth-order valence-electron chi connectivity index (χ4n) is 3.74. The smallest absolute Gasteiger partial charge is 0.265 e. The Hall–Kier alpha value is -2.89. The highest BCUT2D eigenvalue weighted by Crippen LogP contribution is 2.33. The van der Waals surface area contributed by atoms with E-state index in [0.717, 1.165) is 23.0 Å². The number of likely N-dealkylation sites (N-methyl/N-ethyl adjacent to an activating group) is 1. The standard InChI is InChI=1S/C24H18N2OS2/c1-25-23(27)22(29-24(25)28)13-19-15-26(21-9-5-4-8-20(19)21)14-16-10-11-17-6-2-3-7-18(17)12-16/h2-13,15H,14H2,1H3/b22-13+. The van der Waals surface area contributed by atoms with Gasteiger partial charge in [-0.15, -0.1) is 0 Å². The molecule has 1 saturated heterocycles. The van der Waals surface area contributed by atoms with Crippen molar-refractivity contribution in [1.29, 1.82) is 0 Å². The van der Waals surface area contributed by atoms with Gasteiger partial charge in [0.2, 0.25) is 0 Å². The number of thioether (sulfide) groups is 1. The van der Waals surface area contributed by atoms with Gasteiger partial charge in [0.05, 0.1) is 4.91 Å². The number of hydrogen-bond donors (Lipinski definition) is 0. The number of para-hydroxylation sites is 1. The van der Waals surface area contributed by atoms with Crippen molar-refractivity contribution in [3.63, 3.8) is 0 Å².